The van der Waals surface area contributed by atoms with Gasteiger partial charge in [-0.05, 0) is 82.0 Å². The number of rotatable bonds is 3. The molecule has 0 amide bonds. The predicted molar refractivity (Wildman–Crippen MR) is 124 cm³/mol. The Morgan fingerprint density at radius 1 is 1.13 bits per heavy atom. The third-order valence-electron chi connectivity index (χ3n) is 6.14. The molecule has 4 heterocycles. The zero-order valence-electron chi connectivity index (χ0n) is 21.5. The maximum atomic E-state index is 8.32. The van der Waals surface area contributed by atoms with E-state index in [1.807, 2.05) is 35.1 Å². The molecule has 162 valence electrons. The zero-order valence-corrected chi connectivity index (χ0v) is 18.5. The smallest absolute Gasteiger partial charge is 0.223 e. The fourth-order valence-corrected chi connectivity index (χ4v) is 5.19. The minimum absolute atomic E-state index is 0.184. The fraction of sp³-hybridized carbons (Fsp3) is 0.440. The number of fused-ring (bicyclic) bond motifs is 3. The molecule has 0 radical (unpaired) electrons. The molecule has 2 aliphatic heterocycles. The van der Waals surface area contributed by atoms with Crippen molar-refractivity contribution in [2.24, 2.45) is 0 Å². The summed E-state index contributed by atoms with van der Waals surface area (Å²) < 4.78 is 32.8. The average Bonchev–Trinajstić information content (AvgIpc) is 3.25. The summed E-state index contributed by atoms with van der Waals surface area (Å²) in [7, 11) is 0. The second-order valence-electron chi connectivity index (χ2n) is 9.93. The normalized spacial score (nSPS) is 21.1. The van der Waals surface area contributed by atoms with Crippen LogP contribution in [0.5, 0.6) is 5.88 Å². The van der Waals surface area contributed by atoms with Gasteiger partial charge in [-0.2, -0.15) is 10.1 Å². The van der Waals surface area contributed by atoms with Crippen LogP contribution in [0.4, 0.5) is 5.82 Å². The van der Waals surface area contributed by atoms with Crippen molar-refractivity contribution in [3.05, 3.63) is 54.4 Å². The maximum absolute atomic E-state index is 8.32. The van der Waals surface area contributed by atoms with Crippen molar-refractivity contribution in [3.8, 4) is 22.7 Å². The van der Waals surface area contributed by atoms with E-state index in [1.165, 1.54) is 4.90 Å². The molecule has 0 saturated carbocycles. The third kappa shape index (κ3) is 3.81. The van der Waals surface area contributed by atoms with Crippen molar-refractivity contribution in [1.82, 2.24) is 20.1 Å². The summed E-state index contributed by atoms with van der Waals surface area (Å²) in [5.41, 5.74) is 3.54. The monoisotopic (exact) mass is 420 g/mol. The number of nitrogens with zero attached hydrogens (tertiary/aromatic N) is 4. The molecule has 6 heteroatoms. The molecule has 0 aliphatic carbocycles. The van der Waals surface area contributed by atoms with Crippen LogP contribution in [0.1, 0.15) is 50.2 Å². The zero-order chi connectivity index (χ0) is 24.3. The lowest BCUT2D eigenvalue weighted by molar-refractivity contribution is 0.160. The van der Waals surface area contributed by atoms with Crippen molar-refractivity contribution in [2.45, 2.75) is 64.3 Å². The van der Waals surface area contributed by atoms with E-state index in [4.69, 9.17) is 13.8 Å². The highest BCUT2D eigenvalue weighted by Crippen LogP contribution is 2.39. The van der Waals surface area contributed by atoms with E-state index < -0.39 is 6.98 Å². The van der Waals surface area contributed by atoms with Crippen LogP contribution in [0.25, 0.3) is 16.8 Å². The summed E-state index contributed by atoms with van der Waals surface area (Å²) in [5.74, 6) is 0.896. The molecule has 1 N–H and O–H groups in total. The summed E-state index contributed by atoms with van der Waals surface area (Å²) in [6.45, 7) is 6.54. The van der Waals surface area contributed by atoms with Gasteiger partial charge in [-0.1, -0.05) is 6.07 Å². The molecule has 0 unspecified atom stereocenters. The standard InChI is InChI=1S/C25H31N5O/c1-24(2)14-19(15-25(3,4)28-24)29(5)22-10-9-21-20-8-7-18(30-12-6-11-26-30)13-17(20)16-31-23(21)27-22/h6-13,19,28H,14-16H2,1-5H3/i5D3. The molecule has 3 aromatic rings. The molecule has 1 fully saturated rings. The molecular formula is C25H31N5O. The maximum Gasteiger partial charge on any atom is 0.223 e. The molecule has 0 bridgehead atoms. The quantitative estimate of drug-likeness (QED) is 0.673. The van der Waals surface area contributed by atoms with E-state index in [-0.39, 0.29) is 17.1 Å². The van der Waals surface area contributed by atoms with Crippen LogP contribution in [0.3, 0.4) is 0 Å². The first-order valence-corrected chi connectivity index (χ1v) is 10.8. The van der Waals surface area contributed by atoms with Crippen LogP contribution in [0.15, 0.2) is 48.8 Å². The van der Waals surface area contributed by atoms with Gasteiger partial charge in [0.2, 0.25) is 5.88 Å². The highest BCUT2D eigenvalue weighted by atomic mass is 16.5. The Hall–Kier alpha value is -2.86. The van der Waals surface area contributed by atoms with Crippen molar-refractivity contribution in [3.63, 3.8) is 0 Å². The van der Waals surface area contributed by atoms with Crippen LogP contribution in [0.2, 0.25) is 0 Å². The second-order valence-corrected chi connectivity index (χ2v) is 9.93. The van der Waals surface area contributed by atoms with Crippen molar-refractivity contribution < 1.29 is 8.85 Å². The Labute approximate surface area is 188 Å². The SMILES string of the molecule is [2H]C([2H])([2H])N(c1ccc2c(n1)OCc1cc(-n3cccn3)ccc1-2)C1CC(C)(C)NC(C)(C)C1. The molecule has 31 heavy (non-hydrogen) atoms. The molecular weight excluding hydrogens is 386 g/mol. The number of hydrogen-bond acceptors (Lipinski definition) is 5. The number of ether oxygens (including phenoxy) is 1. The Bertz CT molecular complexity index is 1190. The van der Waals surface area contributed by atoms with Crippen LogP contribution in [-0.2, 0) is 6.61 Å². The molecule has 1 aromatic carbocycles. The van der Waals surface area contributed by atoms with Gasteiger partial charge in [0.1, 0.15) is 12.4 Å². The van der Waals surface area contributed by atoms with E-state index in [0.717, 1.165) is 22.4 Å². The number of piperidine rings is 1. The van der Waals surface area contributed by atoms with E-state index in [9.17, 15) is 0 Å². The van der Waals surface area contributed by atoms with Gasteiger partial charge in [-0.15, -0.1) is 0 Å². The van der Waals surface area contributed by atoms with Gasteiger partial charge in [-0.25, -0.2) is 4.68 Å². The van der Waals surface area contributed by atoms with Gasteiger partial charge in [0.15, 0.2) is 0 Å². The molecule has 2 aliphatic rings. The third-order valence-corrected chi connectivity index (χ3v) is 6.14. The Morgan fingerprint density at radius 2 is 1.90 bits per heavy atom. The topological polar surface area (TPSA) is 55.2 Å². The van der Waals surface area contributed by atoms with Crippen LogP contribution in [0, 0.1) is 0 Å². The van der Waals surface area contributed by atoms with Crippen molar-refractivity contribution in [1.29, 1.82) is 0 Å². The van der Waals surface area contributed by atoms with Gasteiger partial charge in [0, 0.05) is 46.2 Å². The van der Waals surface area contributed by atoms with Gasteiger partial charge in [0.25, 0.3) is 0 Å². The lowest BCUT2D eigenvalue weighted by Gasteiger charge is -2.49. The second kappa shape index (κ2) is 7.09. The Morgan fingerprint density at radius 3 is 2.61 bits per heavy atom. The summed E-state index contributed by atoms with van der Waals surface area (Å²) in [4.78, 5) is 6.24. The van der Waals surface area contributed by atoms with Gasteiger partial charge >= 0.3 is 0 Å². The Kier molecular flexibility index (Phi) is 3.84. The first kappa shape index (κ1) is 16.8. The number of anilines is 1. The summed E-state index contributed by atoms with van der Waals surface area (Å²) in [5, 5.41) is 7.93. The van der Waals surface area contributed by atoms with Gasteiger partial charge < -0.3 is 15.0 Å². The van der Waals surface area contributed by atoms with Crippen LogP contribution < -0.4 is 15.0 Å². The number of hydrogen-bond donors (Lipinski definition) is 1. The minimum atomic E-state index is -2.32. The molecule has 0 atom stereocenters. The molecule has 0 spiro atoms. The van der Waals surface area contributed by atoms with E-state index in [2.05, 4.69) is 50.2 Å². The van der Waals surface area contributed by atoms with Gasteiger partial charge in [-0.3, -0.25) is 0 Å². The lowest BCUT2D eigenvalue weighted by atomic mass is 9.79. The largest absolute Gasteiger partial charge is 0.472 e. The minimum Gasteiger partial charge on any atom is -0.472 e. The summed E-state index contributed by atoms with van der Waals surface area (Å²) in [6.07, 6.45) is 5.05. The fourth-order valence-electron chi connectivity index (χ4n) is 5.19. The number of aromatic nitrogens is 3. The highest BCUT2D eigenvalue weighted by molar-refractivity contribution is 5.75. The first-order chi connectivity index (χ1) is 15.9. The molecule has 5 rings (SSSR count). The van der Waals surface area contributed by atoms with Gasteiger partial charge in [0.05, 0.1) is 5.69 Å². The van der Waals surface area contributed by atoms with Crippen LogP contribution in [-0.4, -0.2) is 38.9 Å². The highest BCUT2D eigenvalue weighted by Gasteiger charge is 2.39. The lowest BCUT2D eigenvalue weighted by Crippen LogP contribution is -2.62. The van der Waals surface area contributed by atoms with Crippen molar-refractivity contribution >= 4 is 5.82 Å². The number of benzene rings is 1. The molecule has 2 aromatic heterocycles. The van der Waals surface area contributed by atoms with E-state index >= 15 is 0 Å². The molecule has 1 saturated heterocycles. The first-order valence-electron chi connectivity index (χ1n) is 12.3. The number of nitrogens with one attached hydrogen (secondary N) is 1. The summed E-state index contributed by atoms with van der Waals surface area (Å²) >= 11 is 0. The van der Waals surface area contributed by atoms with E-state index in [0.29, 0.717) is 31.1 Å². The van der Waals surface area contributed by atoms with Crippen molar-refractivity contribution in [2.75, 3.05) is 11.9 Å². The average molecular weight is 421 g/mol. The molecule has 6 nitrogen and oxygen atoms in total. The predicted octanol–water partition coefficient (Wildman–Crippen LogP) is 4.57. The Balaban J connectivity index is 1.51. The number of pyridine rings is 1. The van der Waals surface area contributed by atoms with Crippen LogP contribution >= 0.6 is 0 Å². The summed E-state index contributed by atoms with van der Waals surface area (Å²) in [6, 6.07) is 11.6. The van der Waals surface area contributed by atoms with E-state index in [1.54, 1.807) is 6.20 Å².